The van der Waals surface area contributed by atoms with E-state index in [1.54, 1.807) is 32.2 Å². The number of anilines is 1. The lowest BCUT2D eigenvalue weighted by atomic mass is 10.2. The van der Waals surface area contributed by atoms with Gasteiger partial charge in [-0.25, -0.2) is 4.98 Å². The number of amides is 1. The normalized spacial score (nSPS) is 12.0. The zero-order valence-corrected chi connectivity index (χ0v) is 15.3. The second-order valence-corrected chi connectivity index (χ2v) is 6.26. The Labute approximate surface area is 156 Å². The van der Waals surface area contributed by atoms with Crippen molar-refractivity contribution in [3.05, 3.63) is 65.2 Å². The van der Waals surface area contributed by atoms with Crippen LogP contribution in [-0.4, -0.2) is 24.1 Å². The third kappa shape index (κ3) is 4.50. The smallest absolute Gasteiger partial charge is 0.254 e. The summed E-state index contributed by atoms with van der Waals surface area (Å²) in [7, 11) is 1.61. The Morgan fingerprint density at radius 2 is 2.00 bits per heavy atom. The van der Waals surface area contributed by atoms with Gasteiger partial charge in [-0.05, 0) is 48.9 Å². The van der Waals surface area contributed by atoms with Crippen molar-refractivity contribution >= 4 is 34.2 Å². The first kappa shape index (κ1) is 18.2. The molecule has 0 bridgehead atoms. The van der Waals surface area contributed by atoms with Gasteiger partial charge in [0.2, 0.25) is 0 Å². The Morgan fingerprint density at radius 1 is 1.19 bits per heavy atom. The number of carbonyl (C=O) groups is 1. The van der Waals surface area contributed by atoms with Gasteiger partial charge in [-0.15, -0.1) is 0 Å². The van der Waals surface area contributed by atoms with Crippen LogP contribution in [0.2, 0.25) is 5.02 Å². The number of fused-ring (bicyclic) bond motifs is 1. The van der Waals surface area contributed by atoms with Gasteiger partial charge >= 0.3 is 0 Å². The quantitative estimate of drug-likeness (QED) is 0.696. The molecule has 3 rings (SSSR count). The van der Waals surface area contributed by atoms with Crippen molar-refractivity contribution in [2.75, 3.05) is 12.4 Å². The number of methoxy groups -OCH3 is 1. The first-order chi connectivity index (χ1) is 12.5. The highest BCUT2D eigenvalue weighted by atomic mass is 35.5. The van der Waals surface area contributed by atoms with Crippen molar-refractivity contribution in [3.8, 4) is 5.75 Å². The third-order valence-electron chi connectivity index (χ3n) is 3.91. The second kappa shape index (κ2) is 8.17. The lowest BCUT2D eigenvalue weighted by Crippen LogP contribution is -2.28. The van der Waals surface area contributed by atoms with E-state index in [-0.39, 0.29) is 5.91 Å². The molecule has 0 aliphatic heterocycles. The van der Waals surface area contributed by atoms with E-state index in [9.17, 15) is 4.79 Å². The summed E-state index contributed by atoms with van der Waals surface area (Å²) in [6.45, 7) is 2.01. The van der Waals surface area contributed by atoms with Gasteiger partial charge in [0.25, 0.3) is 5.91 Å². The Hall–Kier alpha value is -2.63. The number of hydrogen-bond acceptors (Lipinski definition) is 4. The van der Waals surface area contributed by atoms with Crippen molar-refractivity contribution in [2.45, 2.75) is 19.6 Å². The number of carbonyl (C=O) groups excluding carboxylic acids is 1. The van der Waals surface area contributed by atoms with E-state index in [0.29, 0.717) is 17.4 Å². The Bertz CT molecular complexity index is 930. The van der Waals surface area contributed by atoms with Crippen LogP contribution in [0.25, 0.3) is 10.9 Å². The summed E-state index contributed by atoms with van der Waals surface area (Å²) in [5, 5.41) is 4.32. The number of nitrogens with zero attached hydrogens (tertiary/aromatic N) is 1. The summed E-state index contributed by atoms with van der Waals surface area (Å²) in [5.41, 5.74) is 1.66. The average molecular weight is 371 g/mol. The van der Waals surface area contributed by atoms with Crippen LogP contribution in [0.15, 0.2) is 54.6 Å². The Kier molecular flexibility index (Phi) is 5.71. The van der Waals surface area contributed by atoms with Gasteiger partial charge in [-0.2, -0.15) is 0 Å². The van der Waals surface area contributed by atoms with Crippen LogP contribution in [0.4, 0.5) is 5.82 Å². The van der Waals surface area contributed by atoms with Gasteiger partial charge in [-0.1, -0.05) is 29.8 Å². The number of hydrogen-bond donors (Lipinski definition) is 1. The minimum absolute atomic E-state index is 0.262. The van der Waals surface area contributed by atoms with E-state index in [4.69, 9.17) is 21.1 Å². The van der Waals surface area contributed by atoms with Crippen molar-refractivity contribution in [3.63, 3.8) is 0 Å². The van der Waals surface area contributed by atoms with Gasteiger partial charge in [0.05, 0.1) is 19.2 Å². The van der Waals surface area contributed by atoms with Gasteiger partial charge in [-0.3, -0.25) is 4.79 Å². The zero-order chi connectivity index (χ0) is 18.5. The summed E-state index contributed by atoms with van der Waals surface area (Å²) in [6.07, 6.45) is -0.627. The number of ether oxygens (including phenoxy) is 2. The molecule has 1 amide bonds. The van der Waals surface area contributed by atoms with E-state index in [1.807, 2.05) is 36.4 Å². The van der Waals surface area contributed by atoms with E-state index in [0.717, 1.165) is 22.2 Å². The summed E-state index contributed by atoms with van der Waals surface area (Å²) >= 11 is 5.99. The van der Waals surface area contributed by atoms with Crippen LogP contribution < -0.4 is 10.1 Å². The zero-order valence-electron chi connectivity index (χ0n) is 14.5. The lowest BCUT2D eigenvalue weighted by Gasteiger charge is -2.14. The highest BCUT2D eigenvalue weighted by Gasteiger charge is 2.14. The van der Waals surface area contributed by atoms with Crippen LogP contribution in [0, 0.1) is 0 Å². The van der Waals surface area contributed by atoms with Gasteiger partial charge in [0.15, 0.2) is 0 Å². The molecule has 1 N–H and O–H groups in total. The molecule has 0 aliphatic rings. The molecule has 0 fully saturated rings. The molecule has 1 heterocycles. The van der Waals surface area contributed by atoms with E-state index >= 15 is 0 Å². The topological polar surface area (TPSA) is 60.5 Å². The molecule has 1 aromatic heterocycles. The molecule has 5 nitrogen and oxygen atoms in total. The summed E-state index contributed by atoms with van der Waals surface area (Å²) < 4.78 is 10.8. The minimum Gasteiger partial charge on any atom is -0.497 e. The molecular formula is C20H19ClN2O3. The number of benzene rings is 2. The fraction of sp³-hybridized carbons (Fsp3) is 0.200. The van der Waals surface area contributed by atoms with E-state index in [2.05, 4.69) is 10.3 Å². The number of halogens is 1. The average Bonchev–Trinajstić information content (AvgIpc) is 2.65. The van der Waals surface area contributed by atoms with Crippen LogP contribution in [-0.2, 0) is 16.1 Å². The molecule has 0 saturated carbocycles. The monoisotopic (exact) mass is 370 g/mol. The van der Waals surface area contributed by atoms with Crippen molar-refractivity contribution in [1.29, 1.82) is 0 Å². The maximum atomic E-state index is 12.3. The molecule has 26 heavy (non-hydrogen) atoms. The molecule has 0 spiro atoms. The molecule has 1 unspecified atom stereocenters. The fourth-order valence-electron chi connectivity index (χ4n) is 2.45. The van der Waals surface area contributed by atoms with Gasteiger partial charge in [0.1, 0.15) is 17.7 Å². The van der Waals surface area contributed by atoms with Crippen molar-refractivity contribution < 1.29 is 14.3 Å². The summed E-state index contributed by atoms with van der Waals surface area (Å²) in [5.74, 6) is 0.950. The van der Waals surface area contributed by atoms with Crippen molar-refractivity contribution in [1.82, 2.24) is 4.98 Å². The molecule has 2 aromatic carbocycles. The lowest BCUT2D eigenvalue weighted by molar-refractivity contribution is -0.127. The maximum Gasteiger partial charge on any atom is 0.254 e. The molecule has 0 aliphatic carbocycles. The molecule has 0 radical (unpaired) electrons. The molecule has 134 valence electrons. The highest BCUT2D eigenvalue weighted by molar-refractivity contribution is 6.31. The standard InChI is InChI=1S/C20H19ClN2O3/c1-13(26-12-14-4-3-5-17(10-14)25-2)20(24)23-19-9-7-15-6-8-16(21)11-18(15)22-19/h3-11,13H,12H2,1-2H3,(H,22,23,24). The second-order valence-electron chi connectivity index (χ2n) is 5.83. The van der Waals surface area contributed by atoms with Crippen LogP contribution in [0.1, 0.15) is 12.5 Å². The van der Waals surface area contributed by atoms with E-state index < -0.39 is 6.10 Å². The number of aromatic nitrogens is 1. The SMILES string of the molecule is COc1cccc(COC(C)C(=O)Nc2ccc3ccc(Cl)cc3n2)c1. The van der Waals surface area contributed by atoms with Gasteiger partial charge in [0, 0.05) is 10.4 Å². The first-order valence-corrected chi connectivity index (χ1v) is 8.54. The Morgan fingerprint density at radius 3 is 2.81 bits per heavy atom. The molecule has 1 atom stereocenters. The number of pyridine rings is 1. The Balaban J connectivity index is 1.61. The first-order valence-electron chi connectivity index (χ1n) is 8.17. The number of nitrogens with one attached hydrogen (secondary N) is 1. The maximum absolute atomic E-state index is 12.3. The van der Waals surface area contributed by atoms with Crippen LogP contribution in [0.3, 0.4) is 0 Å². The van der Waals surface area contributed by atoms with Crippen molar-refractivity contribution in [2.24, 2.45) is 0 Å². The molecule has 6 heteroatoms. The summed E-state index contributed by atoms with van der Waals surface area (Å²) in [4.78, 5) is 16.7. The summed E-state index contributed by atoms with van der Waals surface area (Å²) in [6, 6.07) is 16.6. The van der Waals surface area contributed by atoms with Gasteiger partial charge < -0.3 is 14.8 Å². The number of rotatable bonds is 6. The molecule has 3 aromatic rings. The molecule has 0 saturated heterocycles. The predicted octanol–water partition coefficient (Wildman–Crippen LogP) is 4.44. The highest BCUT2D eigenvalue weighted by Crippen LogP contribution is 2.20. The predicted molar refractivity (Wildman–Crippen MR) is 103 cm³/mol. The minimum atomic E-state index is -0.627. The largest absolute Gasteiger partial charge is 0.497 e. The van der Waals surface area contributed by atoms with Crippen LogP contribution >= 0.6 is 11.6 Å². The van der Waals surface area contributed by atoms with E-state index in [1.165, 1.54) is 0 Å². The van der Waals surface area contributed by atoms with Crippen LogP contribution in [0.5, 0.6) is 5.75 Å². The third-order valence-corrected chi connectivity index (χ3v) is 4.14. The fourth-order valence-corrected chi connectivity index (χ4v) is 2.61. The molecular weight excluding hydrogens is 352 g/mol.